The molecule has 1 heterocycles. The lowest BCUT2D eigenvalue weighted by Gasteiger charge is -2.20. The minimum Gasteiger partial charge on any atom is -0.373 e. The Hall–Kier alpha value is -0.420. The summed E-state index contributed by atoms with van der Waals surface area (Å²) in [6.07, 6.45) is 8.83. The van der Waals surface area contributed by atoms with Crippen LogP contribution in [0.2, 0.25) is 0 Å². The van der Waals surface area contributed by atoms with Gasteiger partial charge < -0.3 is 5.32 Å². The van der Waals surface area contributed by atoms with Gasteiger partial charge in [-0.2, -0.15) is 0 Å². The van der Waals surface area contributed by atoms with E-state index in [2.05, 4.69) is 21.4 Å². The molecule has 1 aliphatic rings. The third-order valence-electron chi connectivity index (χ3n) is 2.96. The summed E-state index contributed by atoms with van der Waals surface area (Å²) >= 11 is 3.52. The van der Waals surface area contributed by atoms with E-state index in [1.807, 2.05) is 25.1 Å². The summed E-state index contributed by atoms with van der Waals surface area (Å²) in [6.45, 7) is 0. The molecule has 0 aromatic carbocycles. The van der Waals surface area contributed by atoms with Gasteiger partial charge in [-0.1, -0.05) is 31.0 Å². The van der Waals surface area contributed by atoms with Crippen LogP contribution < -0.4 is 5.32 Å². The number of aromatic nitrogens is 2. The molecule has 0 spiro atoms. The molecule has 0 amide bonds. The lowest BCUT2D eigenvalue weighted by Crippen LogP contribution is -2.08. The Kier molecular flexibility index (Phi) is 4.98. The van der Waals surface area contributed by atoms with Crippen molar-refractivity contribution >= 4 is 29.3 Å². The number of hydrogen-bond acceptors (Lipinski definition) is 5. The molecule has 0 radical (unpaired) electrons. The molecule has 94 valence electrons. The SMILES string of the molecule is CNc1cc(SC2CCCCC2)nc(SC)n1. The molecule has 5 heteroatoms. The topological polar surface area (TPSA) is 37.8 Å². The van der Waals surface area contributed by atoms with Crippen molar-refractivity contribution < 1.29 is 0 Å². The fraction of sp³-hybridized carbons (Fsp3) is 0.667. The van der Waals surface area contributed by atoms with Gasteiger partial charge >= 0.3 is 0 Å². The van der Waals surface area contributed by atoms with Crippen molar-refractivity contribution in [1.29, 1.82) is 0 Å². The fourth-order valence-electron chi connectivity index (χ4n) is 2.04. The van der Waals surface area contributed by atoms with Gasteiger partial charge in [0.15, 0.2) is 5.16 Å². The molecule has 0 bridgehead atoms. The highest BCUT2D eigenvalue weighted by molar-refractivity contribution is 8.00. The van der Waals surface area contributed by atoms with Crippen LogP contribution in [0.1, 0.15) is 32.1 Å². The van der Waals surface area contributed by atoms with Crippen LogP contribution in [0.3, 0.4) is 0 Å². The standard InChI is InChI=1S/C12H19N3S2/c1-13-10-8-11(15-12(14-10)16-2)17-9-6-4-3-5-7-9/h8-9H,3-7H2,1-2H3,(H,13,14,15). The van der Waals surface area contributed by atoms with E-state index in [1.54, 1.807) is 11.8 Å². The first kappa shape index (κ1) is 13.0. The maximum Gasteiger partial charge on any atom is 0.190 e. The first-order chi connectivity index (χ1) is 8.31. The predicted molar refractivity (Wildman–Crippen MR) is 76.1 cm³/mol. The molecule has 1 fully saturated rings. The first-order valence-corrected chi connectivity index (χ1v) is 8.19. The monoisotopic (exact) mass is 269 g/mol. The van der Waals surface area contributed by atoms with E-state index >= 15 is 0 Å². The molecular weight excluding hydrogens is 250 g/mol. The molecule has 0 saturated heterocycles. The number of rotatable bonds is 4. The van der Waals surface area contributed by atoms with E-state index in [9.17, 15) is 0 Å². The Morgan fingerprint density at radius 3 is 2.65 bits per heavy atom. The van der Waals surface area contributed by atoms with E-state index in [1.165, 1.54) is 32.1 Å². The fourth-order valence-corrected chi connectivity index (χ4v) is 3.70. The molecule has 1 aliphatic carbocycles. The molecule has 1 N–H and O–H groups in total. The summed E-state index contributed by atoms with van der Waals surface area (Å²) in [7, 11) is 1.90. The van der Waals surface area contributed by atoms with Crippen LogP contribution >= 0.6 is 23.5 Å². The highest BCUT2D eigenvalue weighted by Crippen LogP contribution is 2.33. The molecule has 3 nitrogen and oxygen atoms in total. The number of nitrogens with zero attached hydrogens (tertiary/aromatic N) is 2. The number of nitrogens with one attached hydrogen (secondary N) is 1. The maximum atomic E-state index is 4.57. The predicted octanol–water partition coefficient (Wildman–Crippen LogP) is 3.67. The Morgan fingerprint density at radius 1 is 1.24 bits per heavy atom. The molecule has 17 heavy (non-hydrogen) atoms. The van der Waals surface area contributed by atoms with Crippen molar-refractivity contribution in [3.63, 3.8) is 0 Å². The highest BCUT2D eigenvalue weighted by atomic mass is 32.2. The number of hydrogen-bond donors (Lipinski definition) is 1. The van der Waals surface area contributed by atoms with Crippen LogP contribution in [0.4, 0.5) is 5.82 Å². The molecule has 2 rings (SSSR count). The molecular formula is C12H19N3S2. The Morgan fingerprint density at radius 2 is 2.00 bits per heavy atom. The van der Waals surface area contributed by atoms with E-state index < -0.39 is 0 Å². The van der Waals surface area contributed by atoms with Crippen LogP contribution in [0.25, 0.3) is 0 Å². The van der Waals surface area contributed by atoms with E-state index in [0.29, 0.717) is 0 Å². The molecule has 1 aromatic rings. The van der Waals surface area contributed by atoms with Crippen molar-refractivity contribution in [2.24, 2.45) is 0 Å². The highest BCUT2D eigenvalue weighted by Gasteiger charge is 2.16. The summed E-state index contributed by atoms with van der Waals surface area (Å²) < 4.78 is 0. The second-order valence-corrected chi connectivity index (χ2v) is 6.30. The van der Waals surface area contributed by atoms with Crippen molar-refractivity contribution in [3.05, 3.63) is 6.07 Å². The normalized spacial score (nSPS) is 17.1. The molecule has 1 saturated carbocycles. The van der Waals surface area contributed by atoms with Gasteiger partial charge in [0.25, 0.3) is 0 Å². The summed E-state index contributed by atoms with van der Waals surface area (Å²) in [6, 6.07) is 2.05. The third-order valence-corrected chi connectivity index (χ3v) is 4.76. The molecule has 1 aromatic heterocycles. The summed E-state index contributed by atoms with van der Waals surface area (Å²) in [4.78, 5) is 8.96. The first-order valence-electron chi connectivity index (χ1n) is 6.09. The van der Waals surface area contributed by atoms with Crippen molar-refractivity contribution in [3.8, 4) is 0 Å². The zero-order chi connectivity index (χ0) is 12.1. The van der Waals surface area contributed by atoms with Crippen LogP contribution in [-0.4, -0.2) is 28.5 Å². The average Bonchev–Trinajstić information content (AvgIpc) is 2.39. The Bertz CT molecular complexity index is 343. The number of anilines is 1. The summed E-state index contributed by atoms with van der Waals surface area (Å²) in [5.74, 6) is 0.919. The lowest BCUT2D eigenvalue weighted by atomic mass is 10.0. The number of thioether (sulfide) groups is 2. The lowest BCUT2D eigenvalue weighted by molar-refractivity contribution is 0.515. The van der Waals surface area contributed by atoms with E-state index in [0.717, 1.165) is 21.3 Å². The maximum absolute atomic E-state index is 4.57. The van der Waals surface area contributed by atoms with Gasteiger partial charge in [0.05, 0.1) is 0 Å². The summed E-state index contributed by atoms with van der Waals surface area (Å²) in [5, 5.41) is 5.82. The van der Waals surface area contributed by atoms with Crippen LogP contribution in [0.15, 0.2) is 16.2 Å². The smallest absolute Gasteiger partial charge is 0.190 e. The largest absolute Gasteiger partial charge is 0.373 e. The van der Waals surface area contributed by atoms with Gasteiger partial charge in [-0.3, -0.25) is 0 Å². The molecule has 0 atom stereocenters. The zero-order valence-electron chi connectivity index (χ0n) is 10.4. The average molecular weight is 269 g/mol. The van der Waals surface area contributed by atoms with Crippen LogP contribution in [0.5, 0.6) is 0 Å². The molecule has 0 aliphatic heterocycles. The van der Waals surface area contributed by atoms with Gasteiger partial charge in [0, 0.05) is 18.4 Å². The summed E-state index contributed by atoms with van der Waals surface area (Å²) in [5.41, 5.74) is 0. The third kappa shape index (κ3) is 3.78. The van der Waals surface area contributed by atoms with Crippen molar-refractivity contribution in [2.75, 3.05) is 18.6 Å². The Balaban J connectivity index is 2.07. The van der Waals surface area contributed by atoms with E-state index in [-0.39, 0.29) is 0 Å². The molecule has 0 unspecified atom stereocenters. The van der Waals surface area contributed by atoms with Gasteiger partial charge in [0.1, 0.15) is 10.8 Å². The second kappa shape index (κ2) is 6.50. The minimum atomic E-state index is 0.748. The Labute approximate surface area is 112 Å². The zero-order valence-corrected chi connectivity index (χ0v) is 12.0. The van der Waals surface area contributed by atoms with Gasteiger partial charge in [-0.05, 0) is 19.1 Å². The van der Waals surface area contributed by atoms with Gasteiger partial charge in [0.2, 0.25) is 0 Å². The minimum absolute atomic E-state index is 0.748. The van der Waals surface area contributed by atoms with Crippen molar-refractivity contribution in [1.82, 2.24) is 9.97 Å². The van der Waals surface area contributed by atoms with Gasteiger partial charge in [-0.25, -0.2) is 9.97 Å². The van der Waals surface area contributed by atoms with Crippen LogP contribution in [-0.2, 0) is 0 Å². The quantitative estimate of drug-likeness (QED) is 0.513. The van der Waals surface area contributed by atoms with Gasteiger partial charge in [-0.15, -0.1) is 11.8 Å². The van der Waals surface area contributed by atoms with Crippen molar-refractivity contribution in [2.45, 2.75) is 47.5 Å². The second-order valence-electron chi connectivity index (χ2n) is 4.21. The van der Waals surface area contributed by atoms with Crippen LogP contribution in [0, 0.1) is 0 Å². The van der Waals surface area contributed by atoms with E-state index in [4.69, 9.17) is 0 Å².